The van der Waals surface area contributed by atoms with Crippen molar-refractivity contribution in [3.05, 3.63) is 89.7 Å². The number of nitrogens with one attached hydrogen (secondary N) is 2. The first-order valence-electron chi connectivity index (χ1n) is 11.0. The zero-order chi connectivity index (χ0) is 25.0. The van der Waals surface area contributed by atoms with Crippen LogP contribution in [0.1, 0.15) is 16.7 Å². The summed E-state index contributed by atoms with van der Waals surface area (Å²) in [4.78, 5) is 33.8. The van der Waals surface area contributed by atoms with Gasteiger partial charge >= 0.3 is 0 Å². The standard InChI is InChI=1S/C26H29N5O4/c1-34-22-9-8-20(15-23(22)35-2)16-24(32)31-26(27)30-21(14-18-6-4-3-5-7-18)25(33)29-17-19-10-12-28-13-11-19/h3-13,15,21H,14,16-17H2,1-2H3,(H,29,33)(H3,27,30,31,32). The van der Waals surface area contributed by atoms with Crippen molar-refractivity contribution in [2.45, 2.75) is 25.4 Å². The van der Waals surface area contributed by atoms with Crippen LogP contribution in [0.2, 0.25) is 0 Å². The minimum atomic E-state index is -0.819. The van der Waals surface area contributed by atoms with Gasteiger partial charge in [0, 0.05) is 25.4 Å². The third kappa shape index (κ3) is 7.85. The zero-order valence-electron chi connectivity index (χ0n) is 19.7. The molecule has 1 unspecified atom stereocenters. The molecular formula is C26H29N5O4. The normalized spacial score (nSPS) is 11.9. The van der Waals surface area contributed by atoms with Gasteiger partial charge in [-0.05, 0) is 41.0 Å². The van der Waals surface area contributed by atoms with Crippen LogP contribution in [0.15, 0.2) is 78.0 Å². The average molecular weight is 476 g/mol. The van der Waals surface area contributed by atoms with Crippen molar-refractivity contribution >= 4 is 17.8 Å². The lowest BCUT2D eigenvalue weighted by molar-refractivity contribution is -0.122. The van der Waals surface area contributed by atoms with Crippen molar-refractivity contribution in [1.29, 1.82) is 0 Å². The average Bonchev–Trinajstić information content (AvgIpc) is 2.87. The Morgan fingerprint density at radius 2 is 1.66 bits per heavy atom. The van der Waals surface area contributed by atoms with E-state index in [2.05, 4.69) is 20.6 Å². The maximum Gasteiger partial charge on any atom is 0.245 e. The number of nitrogens with two attached hydrogens (primary N) is 1. The molecule has 0 aliphatic heterocycles. The quantitative estimate of drug-likeness (QED) is 0.304. The van der Waals surface area contributed by atoms with Gasteiger partial charge in [-0.3, -0.25) is 19.9 Å². The summed E-state index contributed by atoms with van der Waals surface area (Å²) in [6.07, 6.45) is 3.70. The number of ether oxygens (including phenoxy) is 2. The lowest BCUT2D eigenvalue weighted by Gasteiger charge is -2.15. The van der Waals surface area contributed by atoms with Gasteiger partial charge in [-0.1, -0.05) is 36.4 Å². The third-order valence-electron chi connectivity index (χ3n) is 5.17. The number of nitrogens with zero attached hydrogens (tertiary/aromatic N) is 2. The summed E-state index contributed by atoms with van der Waals surface area (Å²) < 4.78 is 10.5. The highest BCUT2D eigenvalue weighted by Crippen LogP contribution is 2.27. The minimum absolute atomic E-state index is 0.0498. The molecule has 2 amide bonds. The van der Waals surface area contributed by atoms with E-state index in [9.17, 15) is 9.59 Å². The van der Waals surface area contributed by atoms with Gasteiger partial charge in [0.15, 0.2) is 17.5 Å². The number of hydrogen-bond acceptors (Lipinski definition) is 6. The van der Waals surface area contributed by atoms with E-state index < -0.39 is 6.04 Å². The predicted octanol–water partition coefficient (Wildman–Crippen LogP) is 2.00. The summed E-state index contributed by atoms with van der Waals surface area (Å²) in [6, 6.07) is 17.5. The van der Waals surface area contributed by atoms with Gasteiger partial charge in [-0.2, -0.15) is 0 Å². The summed E-state index contributed by atoms with van der Waals surface area (Å²) in [5.74, 6) is 0.292. The van der Waals surface area contributed by atoms with E-state index in [-0.39, 0.29) is 24.2 Å². The number of rotatable bonds is 10. The molecule has 3 rings (SSSR count). The van der Waals surface area contributed by atoms with Gasteiger partial charge < -0.3 is 20.5 Å². The second-order valence-electron chi connectivity index (χ2n) is 7.71. The van der Waals surface area contributed by atoms with Crippen molar-refractivity contribution in [2.24, 2.45) is 10.7 Å². The number of carbonyl (C=O) groups is 2. The van der Waals surface area contributed by atoms with Crippen LogP contribution in [-0.4, -0.2) is 43.0 Å². The minimum Gasteiger partial charge on any atom is -0.493 e. The van der Waals surface area contributed by atoms with Crippen LogP contribution in [0.5, 0.6) is 11.5 Å². The van der Waals surface area contributed by atoms with E-state index in [0.29, 0.717) is 30.0 Å². The summed E-state index contributed by atoms with van der Waals surface area (Å²) in [6.45, 7) is 0.327. The van der Waals surface area contributed by atoms with Gasteiger partial charge in [-0.15, -0.1) is 0 Å². The molecule has 0 spiro atoms. The van der Waals surface area contributed by atoms with Crippen molar-refractivity contribution in [1.82, 2.24) is 15.6 Å². The van der Waals surface area contributed by atoms with Crippen LogP contribution in [0.3, 0.4) is 0 Å². The van der Waals surface area contributed by atoms with Crippen molar-refractivity contribution < 1.29 is 19.1 Å². The van der Waals surface area contributed by atoms with Crippen LogP contribution in [0.25, 0.3) is 0 Å². The molecule has 1 aromatic heterocycles. The molecule has 182 valence electrons. The first kappa shape index (κ1) is 25.2. The maximum absolute atomic E-state index is 12.9. The lowest BCUT2D eigenvalue weighted by Crippen LogP contribution is -2.42. The molecule has 0 aliphatic carbocycles. The molecule has 9 nitrogen and oxygen atoms in total. The first-order chi connectivity index (χ1) is 17.0. The molecule has 1 heterocycles. The van der Waals surface area contributed by atoms with Crippen LogP contribution < -0.4 is 25.8 Å². The topological polar surface area (TPSA) is 128 Å². The Balaban J connectivity index is 1.68. The molecule has 0 fully saturated rings. The van der Waals surface area contributed by atoms with E-state index in [1.165, 1.54) is 7.11 Å². The molecule has 4 N–H and O–H groups in total. The predicted molar refractivity (Wildman–Crippen MR) is 133 cm³/mol. The molecule has 3 aromatic rings. The monoisotopic (exact) mass is 475 g/mol. The Morgan fingerprint density at radius 1 is 0.943 bits per heavy atom. The third-order valence-corrected chi connectivity index (χ3v) is 5.17. The highest BCUT2D eigenvalue weighted by Gasteiger charge is 2.19. The van der Waals surface area contributed by atoms with Crippen molar-refractivity contribution in [3.8, 4) is 11.5 Å². The molecule has 35 heavy (non-hydrogen) atoms. The van der Waals surface area contributed by atoms with E-state index in [1.807, 2.05) is 42.5 Å². The van der Waals surface area contributed by atoms with Gasteiger partial charge in [0.05, 0.1) is 20.6 Å². The number of guanidine groups is 1. The zero-order valence-corrected chi connectivity index (χ0v) is 19.7. The molecule has 0 bridgehead atoms. The Hall–Kier alpha value is -4.40. The molecule has 0 saturated heterocycles. The fourth-order valence-corrected chi connectivity index (χ4v) is 3.41. The van der Waals surface area contributed by atoms with Gasteiger partial charge in [0.2, 0.25) is 11.8 Å². The maximum atomic E-state index is 12.9. The van der Waals surface area contributed by atoms with Crippen LogP contribution in [0.4, 0.5) is 0 Å². The van der Waals surface area contributed by atoms with Crippen molar-refractivity contribution in [3.63, 3.8) is 0 Å². The molecule has 2 aromatic carbocycles. The Morgan fingerprint density at radius 3 is 2.34 bits per heavy atom. The van der Waals surface area contributed by atoms with Gasteiger partial charge in [0.1, 0.15) is 6.04 Å². The molecule has 0 radical (unpaired) electrons. The second-order valence-corrected chi connectivity index (χ2v) is 7.71. The largest absolute Gasteiger partial charge is 0.493 e. The first-order valence-corrected chi connectivity index (χ1v) is 11.0. The summed E-state index contributed by atoms with van der Waals surface area (Å²) in [5, 5.41) is 5.44. The molecule has 0 aliphatic rings. The highest BCUT2D eigenvalue weighted by atomic mass is 16.5. The van der Waals surface area contributed by atoms with Crippen LogP contribution >= 0.6 is 0 Å². The highest BCUT2D eigenvalue weighted by molar-refractivity contribution is 5.98. The number of hydrogen-bond donors (Lipinski definition) is 3. The second kappa shape index (κ2) is 12.7. The number of pyridine rings is 1. The molecule has 9 heteroatoms. The van der Waals surface area contributed by atoms with E-state index in [0.717, 1.165) is 11.1 Å². The van der Waals surface area contributed by atoms with E-state index >= 15 is 0 Å². The number of amides is 2. The van der Waals surface area contributed by atoms with E-state index in [4.69, 9.17) is 15.2 Å². The molecular weight excluding hydrogens is 446 g/mol. The van der Waals surface area contributed by atoms with Crippen LogP contribution in [-0.2, 0) is 29.0 Å². The summed E-state index contributed by atoms with van der Waals surface area (Å²) >= 11 is 0. The van der Waals surface area contributed by atoms with Crippen molar-refractivity contribution in [2.75, 3.05) is 14.2 Å². The SMILES string of the molecule is COc1ccc(CC(=O)NC(N)=NC(Cc2ccccc2)C(=O)NCc2ccncc2)cc1OC. The fourth-order valence-electron chi connectivity index (χ4n) is 3.41. The summed E-state index contributed by atoms with van der Waals surface area (Å²) in [5.41, 5.74) is 8.56. The lowest BCUT2D eigenvalue weighted by atomic mass is 10.1. The van der Waals surface area contributed by atoms with Gasteiger partial charge in [-0.25, -0.2) is 4.99 Å². The number of aliphatic imine (C=N–C) groups is 1. The Labute approximate surface area is 204 Å². The Kier molecular flexibility index (Phi) is 9.18. The number of carbonyl (C=O) groups excluding carboxylic acids is 2. The summed E-state index contributed by atoms with van der Waals surface area (Å²) in [7, 11) is 3.07. The van der Waals surface area contributed by atoms with Crippen LogP contribution in [0, 0.1) is 0 Å². The smallest absolute Gasteiger partial charge is 0.245 e. The number of benzene rings is 2. The Bertz CT molecular complexity index is 1150. The number of aromatic nitrogens is 1. The van der Waals surface area contributed by atoms with E-state index in [1.54, 1.807) is 37.7 Å². The molecule has 1 atom stereocenters. The fraction of sp³-hybridized carbons (Fsp3) is 0.231. The molecule has 0 saturated carbocycles. The van der Waals surface area contributed by atoms with Gasteiger partial charge in [0.25, 0.3) is 0 Å². The number of methoxy groups -OCH3 is 2.